The van der Waals surface area contributed by atoms with Crippen molar-refractivity contribution in [3.05, 3.63) is 0 Å². The Bertz CT molecular complexity index is 366. The number of urea groups is 1. The van der Waals surface area contributed by atoms with E-state index < -0.39 is 12.0 Å². The Morgan fingerprint density at radius 1 is 1.26 bits per heavy atom. The number of carboxylic acid groups (broad SMARTS) is 1. The van der Waals surface area contributed by atoms with E-state index in [-0.39, 0.29) is 11.4 Å². The van der Waals surface area contributed by atoms with Crippen LogP contribution >= 0.6 is 0 Å². The minimum Gasteiger partial charge on any atom is -0.480 e. The largest absolute Gasteiger partial charge is 0.480 e. The zero-order valence-electron chi connectivity index (χ0n) is 11.9. The molecule has 0 spiro atoms. The van der Waals surface area contributed by atoms with E-state index in [1.165, 1.54) is 0 Å². The Kier molecular flexibility index (Phi) is 4.02. The van der Waals surface area contributed by atoms with Gasteiger partial charge in [-0.3, -0.25) is 0 Å². The van der Waals surface area contributed by atoms with Crippen molar-refractivity contribution in [2.75, 3.05) is 19.6 Å². The van der Waals surface area contributed by atoms with Crippen LogP contribution in [0, 0.1) is 5.41 Å². The van der Waals surface area contributed by atoms with Crippen LogP contribution in [0.4, 0.5) is 4.79 Å². The molecule has 0 radical (unpaired) electrons. The van der Waals surface area contributed by atoms with Crippen LogP contribution in [0.5, 0.6) is 0 Å². The summed E-state index contributed by atoms with van der Waals surface area (Å²) in [6.07, 6.45) is 4.58. The van der Waals surface area contributed by atoms with E-state index in [4.69, 9.17) is 5.11 Å². The van der Waals surface area contributed by atoms with E-state index >= 15 is 0 Å². The Morgan fingerprint density at radius 3 is 2.47 bits per heavy atom. The highest BCUT2D eigenvalue weighted by Crippen LogP contribution is 2.37. The molecule has 1 atom stereocenters. The van der Waals surface area contributed by atoms with Crippen molar-refractivity contribution in [1.29, 1.82) is 0 Å². The first-order valence-electron chi connectivity index (χ1n) is 7.31. The van der Waals surface area contributed by atoms with Crippen molar-refractivity contribution < 1.29 is 14.7 Å². The minimum atomic E-state index is -0.873. The predicted octanol–water partition coefficient (Wildman–Crippen LogP) is 2.17. The maximum Gasteiger partial charge on any atom is 0.326 e. The number of aliphatic carboxylic acids is 1. The zero-order valence-corrected chi connectivity index (χ0v) is 11.9. The molecular formula is C14H24N2O3. The summed E-state index contributed by atoms with van der Waals surface area (Å²) in [6.45, 7) is 6.48. The molecule has 5 heteroatoms. The Balaban J connectivity index is 2.03. The highest BCUT2D eigenvalue weighted by molar-refractivity contribution is 5.83. The zero-order chi connectivity index (χ0) is 14.0. The molecule has 0 aliphatic carbocycles. The third-order valence-electron chi connectivity index (χ3n) is 4.99. The molecule has 2 aliphatic rings. The van der Waals surface area contributed by atoms with Crippen molar-refractivity contribution in [1.82, 2.24) is 9.80 Å². The molecule has 0 aromatic heterocycles. The first kappa shape index (κ1) is 14.2. The number of carboxylic acids is 1. The molecule has 0 aromatic carbocycles. The summed E-state index contributed by atoms with van der Waals surface area (Å²) in [5, 5.41) is 9.16. The van der Waals surface area contributed by atoms with Gasteiger partial charge in [-0.2, -0.15) is 0 Å². The van der Waals surface area contributed by atoms with Crippen LogP contribution in [0.2, 0.25) is 0 Å². The van der Waals surface area contributed by atoms with Crippen LogP contribution in [0.25, 0.3) is 0 Å². The molecule has 0 aromatic rings. The highest BCUT2D eigenvalue weighted by Gasteiger charge is 2.42. The van der Waals surface area contributed by atoms with Crippen LogP contribution in [0.1, 0.15) is 46.0 Å². The second kappa shape index (κ2) is 5.39. The van der Waals surface area contributed by atoms with E-state index in [0.717, 1.165) is 38.8 Å². The van der Waals surface area contributed by atoms with Gasteiger partial charge in [0.05, 0.1) is 0 Å². The standard InChI is InChI=1S/C14H24N2O3/c1-3-14(4-2)7-9-15(10-14)13(19)16-8-5-6-11(16)12(17)18/h11H,3-10H2,1-2H3,(H,17,18)/t11-/m1/s1. The molecule has 2 saturated heterocycles. The topological polar surface area (TPSA) is 60.9 Å². The van der Waals surface area contributed by atoms with Crippen molar-refractivity contribution >= 4 is 12.0 Å². The number of hydrogen-bond donors (Lipinski definition) is 1. The smallest absolute Gasteiger partial charge is 0.326 e. The molecule has 0 unspecified atom stereocenters. The van der Waals surface area contributed by atoms with Crippen LogP contribution in [0.3, 0.4) is 0 Å². The fraction of sp³-hybridized carbons (Fsp3) is 0.857. The number of nitrogens with zero attached hydrogens (tertiary/aromatic N) is 2. The molecule has 5 nitrogen and oxygen atoms in total. The molecule has 0 bridgehead atoms. The summed E-state index contributed by atoms with van der Waals surface area (Å²) in [7, 11) is 0. The van der Waals surface area contributed by atoms with Crippen LogP contribution in [-0.2, 0) is 4.79 Å². The van der Waals surface area contributed by atoms with E-state index in [0.29, 0.717) is 13.0 Å². The maximum atomic E-state index is 12.5. The average Bonchev–Trinajstić information content (AvgIpc) is 3.05. The fourth-order valence-electron chi connectivity index (χ4n) is 3.36. The van der Waals surface area contributed by atoms with Gasteiger partial charge in [0.25, 0.3) is 0 Å². The minimum absolute atomic E-state index is 0.0753. The molecule has 1 N–H and O–H groups in total. The van der Waals surface area contributed by atoms with Gasteiger partial charge in [0.1, 0.15) is 6.04 Å². The first-order chi connectivity index (χ1) is 9.03. The Labute approximate surface area is 114 Å². The Morgan fingerprint density at radius 2 is 1.95 bits per heavy atom. The molecule has 2 rings (SSSR count). The monoisotopic (exact) mass is 268 g/mol. The van der Waals surface area contributed by atoms with Crippen LogP contribution in [-0.4, -0.2) is 52.6 Å². The van der Waals surface area contributed by atoms with Crippen molar-refractivity contribution in [2.24, 2.45) is 5.41 Å². The average molecular weight is 268 g/mol. The van der Waals surface area contributed by atoms with Gasteiger partial charge >= 0.3 is 12.0 Å². The van der Waals surface area contributed by atoms with Gasteiger partial charge in [0, 0.05) is 19.6 Å². The van der Waals surface area contributed by atoms with E-state index in [1.807, 2.05) is 4.90 Å². The number of carbonyl (C=O) groups excluding carboxylic acids is 1. The normalized spacial score (nSPS) is 25.9. The summed E-state index contributed by atoms with van der Waals surface area (Å²) in [4.78, 5) is 27.0. The van der Waals surface area contributed by atoms with Gasteiger partial charge in [-0.05, 0) is 37.5 Å². The lowest BCUT2D eigenvalue weighted by atomic mass is 9.82. The van der Waals surface area contributed by atoms with Crippen molar-refractivity contribution in [3.8, 4) is 0 Å². The van der Waals surface area contributed by atoms with Crippen molar-refractivity contribution in [3.63, 3.8) is 0 Å². The predicted molar refractivity (Wildman–Crippen MR) is 72.0 cm³/mol. The van der Waals surface area contributed by atoms with E-state index in [9.17, 15) is 9.59 Å². The molecule has 0 saturated carbocycles. The number of rotatable bonds is 3. The number of hydrogen-bond acceptors (Lipinski definition) is 2. The lowest BCUT2D eigenvalue weighted by Gasteiger charge is -2.30. The molecule has 2 fully saturated rings. The highest BCUT2D eigenvalue weighted by atomic mass is 16.4. The molecular weight excluding hydrogens is 244 g/mol. The molecule has 2 heterocycles. The van der Waals surface area contributed by atoms with Crippen LogP contribution < -0.4 is 0 Å². The van der Waals surface area contributed by atoms with Gasteiger partial charge in [0.2, 0.25) is 0 Å². The van der Waals surface area contributed by atoms with E-state index in [2.05, 4.69) is 13.8 Å². The lowest BCUT2D eigenvalue weighted by molar-refractivity contribution is -0.141. The quantitative estimate of drug-likeness (QED) is 0.853. The lowest BCUT2D eigenvalue weighted by Crippen LogP contribution is -2.47. The third-order valence-corrected chi connectivity index (χ3v) is 4.99. The molecule has 2 aliphatic heterocycles. The molecule has 19 heavy (non-hydrogen) atoms. The number of amides is 2. The van der Waals surface area contributed by atoms with E-state index in [1.54, 1.807) is 4.90 Å². The van der Waals surface area contributed by atoms with Crippen LogP contribution in [0.15, 0.2) is 0 Å². The second-order valence-corrected chi connectivity index (χ2v) is 5.85. The van der Waals surface area contributed by atoms with Crippen molar-refractivity contribution in [2.45, 2.75) is 52.0 Å². The summed E-state index contributed by atoms with van der Waals surface area (Å²) in [5.41, 5.74) is 0.244. The summed E-state index contributed by atoms with van der Waals surface area (Å²) < 4.78 is 0. The first-order valence-corrected chi connectivity index (χ1v) is 7.31. The SMILES string of the molecule is CCC1(CC)CCN(C(=O)N2CCC[C@@H]2C(=O)O)C1. The summed E-state index contributed by atoms with van der Waals surface area (Å²) in [5.74, 6) is -0.873. The molecule has 2 amide bonds. The van der Waals surface area contributed by atoms with Gasteiger partial charge in [-0.1, -0.05) is 13.8 Å². The van der Waals surface area contributed by atoms with Gasteiger partial charge in [-0.25, -0.2) is 9.59 Å². The fourth-order valence-corrected chi connectivity index (χ4v) is 3.36. The second-order valence-electron chi connectivity index (χ2n) is 5.85. The van der Waals surface area contributed by atoms with Gasteiger partial charge in [0.15, 0.2) is 0 Å². The van der Waals surface area contributed by atoms with Gasteiger partial charge in [-0.15, -0.1) is 0 Å². The summed E-state index contributed by atoms with van der Waals surface area (Å²) in [6, 6.07) is -0.695. The number of carbonyl (C=O) groups is 2. The third kappa shape index (κ3) is 2.55. The number of likely N-dealkylation sites (tertiary alicyclic amines) is 2. The Hall–Kier alpha value is -1.26. The maximum absolute atomic E-state index is 12.5. The summed E-state index contributed by atoms with van der Waals surface area (Å²) >= 11 is 0. The molecule has 108 valence electrons. The van der Waals surface area contributed by atoms with Gasteiger partial charge < -0.3 is 14.9 Å².